The van der Waals surface area contributed by atoms with Crippen LogP contribution in [0.15, 0.2) is 18.2 Å². The lowest BCUT2D eigenvalue weighted by Crippen LogP contribution is -2.26. The number of rotatable bonds is 4. The molecule has 0 aliphatic carbocycles. The summed E-state index contributed by atoms with van der Waals surface area (Å²) in [5.74, 6) is -2.87. The number of aliphatic hydroxyl groups is 1. The van der Waals surface area contributed by atoms with Gasteiger partial charge in [0.05, 0.1) is 18.0 Å². The fourth-order valence-electron chi connectivity index (χ4n) is 1.37. The Labute approximate surface area is 92.0 Å². The molecule has 1 unspecified atom stereocenters. The molecule has 0 bridgehead atoms. The molecule has 1 atom stereocenters. The first-order valence-electron chi connectivity index (χ1n) is 4.72. The average molecular weight is 222 g/mol. The zero-order valence-corrected chi connectivity index (χ0v) is 8.60. The Bertz CT molecular complexity index is 424. The van der Waals surface area contributed by atoms with Gasteiger partial charge in [-0.2, -0.15) is 0 Å². The number of carbonyl (C=O) groups is 2. The van der Waals surface area contributed by atoms with Gasteiger partial charge in [-0.15, -0.1) is 0 Å². The van der Waals surface area contributed by atoms with E-state index in [-0.39, 0.29) is 23.1 Å². The Morgan fingerprint density at radius 3 is 2.38 bits per heavy atom. The quantitative estimate of drug-likeness (QED) is 0.693. The molecule has 0 amide bonds. The molecule has 0 aliphatic heterocycles. The predicted octanol–water partition coefficient (Wildman–Crippen LogP) is -1.14. The van der Waals surface area contributed by atoms with E-state index in [1.54, 1.807) is 6.92 Å². The van der Waals surface area contributed by atoms with Crippen LogP contribution in [0.2, 0.25) is 0 Å². The largest absolute Gasteiger partial charge is 0.545 e. The first kappa shape index (κ1) is 12.2. The lowest BCUT2D eigenvalue weighted by Gasteiger charge is -2.16. The topological polar surface area (TPSA) is 100 Å². The molecule has 86 valence electrons. The van der Waals surface area contributed by atoms with Crippen LogP contribution >= 0.6 is 0 Å². The van der Waals surface area contributed by atoms with Crippen molar-refractivity contribution in [1.82, 2.24) is 0 Å². The fraction of sp³-hybridized carbons (Fsp3) is 0.273. The Hall–Kier alpha value is -1.88. The van der Waals surface area contributed by atoms with E-state index in [1.165, 1.54) is 0 Å². The van der Waals surface area contributed by atoms with Gasteiger partial charge in [-0.3, -0.25) is 0 Å². The third-order valence-corrected chi connectivity index (χ3v) is 2.25. The number of hydrogen-bond acceptors (Lipinski definition) is 5. The van der Waals surface area contributed by atoms with Gasteiger partial charge in [0.2, 0.25) is 0 Å². The monoisotopic (exact) mass is 222 g/mol. The molecule has 5 nitrogen and oxygen atoms in total. The summed E-state index contributed by atoms with van der Waals surface area (Å²) < 4.78 is 0. The molecule has 0 heterocycles. The Morgan fingerprint density at radius 1 is 1.31 bits per heavy atom. The maximum atomic E-state index is 10.7. The maximum absolute atomic E-state index is 10.7. The summed E-state index contributed by atoms with van der Waals surface area (Å²) >= 11 is 0. The van der Waals surface area contributed by atoms with E-state index in [0.29, 0.717) is 0 Å². The summed E-state index contributed by atoms with van der Waals surface area (Å²) in [5, 5.41) is 30.9. The third kappa shape index (κ3) is 2.38. The van der Waals surface area contributed by atoms with Crippen molar-refractivity contribution < 1.29 is 24.9 Å². The highest BCUT2D eigenvalue weighted by Gasteiger charge is 2.12. The molecule has 0 aromatic heterocycles. The van der Waals surface area contributed by atoms with Crippen LogP contribution in [0.25, 0.3) is 0 Å². The summed E-state index contributed by atoms with van der Waals surface area (Å²) in [5.41, 5.74) is -0.351. The van der Waals surface area contributed by atoms with Crippen LogP contribution < -0.4 is 10.2 Å². The normalized spacial score (nSPS) is 12.1. The van der Waals surface area contributed by atoms with Crippen LogP contribution in [0.3, 0.4) is 0 Å². The molecule has 5 heteroatoms. The molecule has 1 aromatic carbocycles. The minimum Gasteiger partial charge on any atom is -0.545 e. The molecule has 1 rings (SSSR count). The van der Waals surface area contributed by atoms with Gasteiger partial charge in [0.1, 0.15) is 0 Å². The standard InChI is InChI=1S/C11H12O5/c1-2-9(12)8-5-6(10(13)14)3-4-7(8)11(15)16/h3-5,9,12H,2H2,1H3,(H,13,14)(H,15,16)/p-2. The summed E-state index contributed by atoms with van der Waals surface area (Å²) in [7, 11) is 0. The van der Waals surface area contributed by atoms with Gasteiger partial charge in [-0.1, -0.05) is 19.1 Å². The van der Waals surface area contributed by atoms with Crippen molar-refractivity contribution in [3.8, 4) is 0 Å². The van der Waals surface area contributed by atoms with Crippen LogP contribution in [0.4, 0.5) is 0 Å². The number of carboxylic acids is 2. The zero-order chi connectivity index (χ0) is 12.3. The molecule has 0 spiro atoms. The number of carboxylic acid groups (broad SMARTS) is 2. The van der Waals surface area contributed by atoms with E-state index in [2.05, 4.69) is 0 Å². The van der Waals surface area contributed by atoms with E-state index in [4.69, 9.17) is 0 Å². The van der Waals surface area contributed by atoms with Gasteiger partial charge in [0.15, 0.2) is 0 Å². The van der Waals surface area contributed by atoms with Crippen LogP contribution in [0.1, 0.15) is 45.7 Å². The molecule has 0 fully saturated rings. The number of aliphatic hydroxyl groups excluding tert-OH is 1. The average Bonchev–Trinajstić information content (AvgIpc) is 2.26. The Kier molecular flexibility index (Phi) is 3.63. The van der Waals surface area contributed by atoms with Crippen molar-refractivity contribution in [3.63, 3.8) is 0 Å². The van der Waals surface area contributed by atoms with E-state index < -0.39 is 18.0 Å². The lowest BCUT2D eigenvalue weighted by molar-refractivity contribution is -0.256. The van der Waals surface area contributed by atoms with E-state index >= 15 is 0 Å². The van der Waals surface area contributed by atoms with Crippen LogP contribution in [0, 0.1) is 0 Å². The minimum absolute atomic E-state index is 0.0317. The number of carbonyl (C=O) groups excluding carboxylic acids is 2. The number of hydrogen-bond donors (Lipinski definition) is 1. The molecule has 0 saturated heterocycles. The highest BCUT2D eigenvalue weighted by Crippen LogP contribution is 2.21. The summed E-state index contributed by atoms with van der Waals surface area (Å²) in [4.78, 5) is 21.3. The summed E-state index contributed by atoms with van der Waals surface area (Å²) in [6.45, 7) is 1.65. The Balaban J connectivity index is 3.32. The van der Waals surface area contributed by atoms with Gasteiger partial charge in [0, 0.05) is 5.56 Å². The Morgan fingerprint density at radius 2 is 1.94 bits per heavy atom. The smallest absolute Gasteiger partial charge is 0.0794 e. The first-order valence-corrected chi connectivity index (χ1v) is 4.72. The highest BCUT2D eigenvalue weighted by atomic mass is 16.4. The van der Waals surface area contributed by atoms with Crippen LogP contribution in [0.5, 0.6) is 0 Å². The van der Waals surface area contributed by atoms with Crippen molar-refractivity contribution in [3.05, 3.63) is 34.9 Å². The molecule has 0 radical (unpaired) electrons. The van der Waals surface area contributed by atoms with Gasteiger partial charge in [-0.05, 0) is 23.6 Å². The maximum Gasteiger partial charge on any atom is 0.0794 e. The predicted molar refractivity (Wildman–Crippen MR) is 50.4 cm³/mol. The van der Waals surface area contributed by atoms with Crippen molar-refractivity contribution in [2.24, 2.45) is 0 Å². The SMILES string of the molecule is CCC(O)c1cc(C(=O)[O-])ccc1C(=O)[O-]. The number of benzene rings is 1. The molecule has 1 aromatic rings. The first-order chi connectivity index (χ1) is 7.47. The summed E-state index contributed by atoms with van der Waals surface area (Å²) in [6, 6.07) is 3.29. The van der Waals surface area contributed by atoms with Crippen molar-refractivity contribution >= 4 is 11.9 Å². The third-order valence-electron chi connectivity index (χ3n) is 2.25. The van der Waals surface area contributed by atoms with Gasteiger partial charge in [-0.25, -0.2) is 0 Å². The fourth-order valence-corrected chi connectivity index (χ4v) is 1.37. The second-order valence-electron chi connectivity index (χ2n) is 3.30. The second kappa shape index (κ2) is 4.76. The molecule has 16 heavy (non-hydrogen) atoms. The highest BCUT2D eigenvalue weighted by molar-refractivity contribution is 5.91. The van der Waals surface area contributed by atoms with Crippen molar-refractivity contribution in [2.45, 2.75) is 19.4 Å². The molecule has 0 aliphatic rings. The van der Waals surface area contributed by atoms with Crippen molar-refractivity contribution in [1.29, 1.82) is 0 Å². The van der Waals surface area contributed by atoms with Crippen LogP contribution in [-0.4, -0.2) is 17.0 Å². The minimum atomic E-state index is -1.45. The number of aromatic carboxylic acids is 2. The molecule has 0 saturated carbocycles. The second-order valence-corrected chi connectivity index (χ2v) is 3.30. The molecule has 1 N–H and O–H groups in total. The van der Waals surface area contributed by atoms with Gasteiger partial charge >= 0.3 is 0 Å². The van der Waals surface area contributed by atoms with E-state index in [9.17, 15) is 24.9 Å². The van der Waals surface area contributed by atoms with Crippen molar-refractivity contribution in [2.75, 3.05) is 0 Å². The van der Waals surface area contributed by atoms with E-state index in [1.807, 2.05) is 0 Å². The molecular formula is C11H10O5-2. The van der Waals surface area contributed by atoms with Gasteiger partial charge in [0.25, 0.3) is 0 Å². The van der Waals surface area contributed by atoms with Crippen LogP contribution in [-0.2, 0) is 0 Å². The lowest BCUT2D eigenvalue weighted by atomic mass is 9.98. The van der Waals surface area contributed by atoms with Gasteiger partial charge < -0.3 is 24.9 Å². The van der Waals surface area contributed by atoms with E-state index in [0.717, 1.165) is 18.2 Å². The summed E-state index contributed by atoms with van der Waals surface area (Å²) in [6.07, 6.45) is -0.760. The molecular weight excluding hydrogens is 212 g/mol. The zero-order valence-electron chi connectivity index (χ0n) is 8.60.